The van der Waals surface area contributed by atoms with Crippen molar-refractivity contribution >= 4 is 11.7 Å². The number of nitrogens with one attached hydrogen (secondary N) is 1. The SMILES string of the molecule is CCCn1nccc1NC(=O)CCc1ccc(C(C)C)cc1. The van der Waals surface area contributed by atoms with Crippen molar-refractivity contribution in [1.29, 1.82) is 0 Å². The van der Waals surface area contributed by atoms with Gasteiger partial charge in [0.1, 0.15) is 5.82 Å². The van der Waals surface area contributed by atoms with E-state index in [4.69, 9.17) is 0 Å². The third-order valence-corrected chi connectivity index (χ3v) is 3.71. The molecule has 2 aromatic rings. The van der Waals surface area contributed by atoms with E-state index in [0.717, 1.165) is 25.2 Å². The second-order valence-electron chi connectivity index (χ2n) is 5.88. The number of amides is 1. The molecule has 4 heteroatoms. The molecular weight excluding hydrogens is 274 g/mol. The first-order valence-electron chi connectivity index (χ1n) is 8.00. The monoisotopic (exact) mass is 299 g/mol. The molecule has 0 atom stereocenters. The van der Waals surface area contributed by atoms with Gasteiger partial charge in [-0.1, -0.05) is 45.0 Å². The number of carbonyl (C=O) groups excluding carboxylic acids is 1. The first kappa shape index (κ1) is 16.3. The first-order valence-corrected chi connectivity index (χ1v) is 8.00. The molecule has 0 bridgehead atoms. The van der Waals surface area contributed by atoms with Crippen LogP contribution in [0.4, 0.5) is 5.82 Å². The second kappa shape index (κ2) is 7.78. The summed E-state index contributed by atoms with van der Waals surface area (Å²) in [6.45, 7) is 7.27. The Morgan fingerprint density at radius 1 is 1.23 bits per heavy atom. The minimum Gasteiger partial charge on any atom is -0.311 e. The molecule has 0 spiro atoms. The van der Waals surface area contributed by atoms with Gasteiger partial charge in [0.25, 0.3) is 0 Å². The molecule has 0 aliphatic carbocycles. The topological polar surface area (TPSA) is 46.9 Å². The van der Waals surface area contributed by atoms with Crippen molar-refractivity contribution in [3.8, 4) is 0 Å². The Bertz CT molecular complexity index is 599. The molecule has 1 heterocycles. The van der Waals surface area contributed by atoms with Crippen LogP contribution in [0.3, 0.4) is 0 Å². The van der Waals surface area contributed by atoms with Gasteiger partial charge in [0, 0.05) is 19.0 Å². The van der Waals surface area contributed by atoms with E-state index in [9.17, 15) is 4.79 Å². The van der Waals surface area contributed by atoms with E-state index >= 15 is 0 Å². The van der Waals surface area contributed by atoms with Gasteiger partial charge < -0.3 is 5.32 Å². The van der Waals surface area contributed by atoms with Gasteiger partial charge in [-0.3, -0.25) is 4.79 Å². The fourth-order valence-corrected chi connectivity index (χ4v) is 2.36. The molecule has 1 N–H and O–H groups in total. The lowest BCUT2D eigenvalue weighted by atomic mass is 10.0. The Labute approximate surface area is 132 Å². The van der Waals surface area contributed by atoms with Crippen LogP contribution in [-0.2, 0) is 17.8 Å². The van der Waals surface area contributed by atoms with Gasteiger partial charge in [0.05, 0.1) is 6.20 Å². The molecule has 0 unspecified atom stereocenters. The zero-order chi connectivity index (χ0) is 15.9. The number of hydrogen-bond acceptors (Lipinski definition) is 2. The van der Waals surface area contributed by atoms with Crippen LogP contribution in [0.15, 0.2) is 36.5 Å². The van der Waals surface area contributed by atoms with Crippen molar-refractivity contribution in [1.82, 2.24) is 9.78 Å². The minimum absolute atomic E-state index is 0.0331. The van der Waals surface area contributed by atoms with Gasteiger partial charge >= 0.3 is 0 Å². The zero-order valence-corrected chi connectivity index (χ0v) is 13.7. The number of hydrogen-bond donors (Lipinski definition) is 1. The Hall–Kier alpha value is -2.10. The maximum atomic E-state index is 12.1. The smallest absolute Gasteiger partial charge is 0.225 e. The van der Waals surface area contributed by atoms with Gasteiger partial charge in [0.2, 0.25) is 5.91 Å². The van der Waals surface area contributed by atoms with Gasteiger partial charge in [-0.25, -0.2) is 4.68 Å². The molecule has 0 saturated carbocycles. The summed E-state index contributed by atoms with van der Waals surface area (Å²) in [6, 6.07) is 10.4. The second-order valence-corrected chi connectivity index (χ2v) is 5.88. The standard InChI is InChI=1S/C18H25N3O/c1-4-13-21-17(11-12-19-21)20-18(22)10-7-15-5-8-16(9-6-15)14(2)3/h5-6,8-9,11-12,14H,4,7,10,13H2,1-3H3,(H,20,22). The number of benzene rings is 1. The molecule has 22 heavy (non-hydrogen) atoms. The highest BCUT2D eigenvalue weighted by molar-refractivity contribution is 5.89. The van der Waals surface area contributed by atoms with Crippen LogP contribution in [-0.4, -0.2) is 15.7 Å². The first-order chi connectivity index (χ1) is 10.6. The average Bonchev–Trinajstić information content (AvgIpc) is 2.93. The number of nitrogens with zero attached hydrogens (tertiary/aromatic N) is 2. The summed E-state index contributed by atoms with van der Waals surface area (Å²) in [7, 11) is 0. The van der Waals surface area contributed by atoms with Crippen LogP contribution >= 0.6 is 0 Å². The summed E-state index contributed by atoms with van der Waals surface area (Å²) in [5.41, 5.74) is 2.53. The Kier molecular flexibility index (Phi) is 5.75. The fraction of sp³-hybridized carbons (Fsp3) is 0.444. The summed E-state index contributed by atoms with van der Waals surface area (Å²) in [5.74, 6) is 1.35. The van der Waals surface area contributed by atoms with E-state index in [1.807, 2.05) is 10.7 Å². The Morgan fingerprint density at radius 3 is 2.59 bits per heavy atom. The molecule has 0 aliphatic rings. The number of aromatic nitrogens is 2. The average molecular weight is 299 g/mol. The lowest BCUT2D eigenvalue weighted by molar-refractivity contribution is -0.116. The van der Waals surface area contributed by atoms with E-state index < -0.39 is 0 Å². The summed E-state index contributed by atoms with van der Waals surface area (Å²) < 4.78 is 1.83. The lowest BCUT2D eigenvalue weighted by Crippen LogP contribution is -2.16. The highest BCUT2D eigenvalue weighted by atomic mass is 16.1. The molecule has 2 rings (SSSR count). The van der Waals surface area contributed by atoms with E-state index in [0.29, 0.717) is 12.3 Å². The minimum atomic E-state index is 0.0331. The van der Waals surface area contributed by atoms with Gasteiger partial charge in [-0.2, -0.15) is 5.10 Å². The molecule has 1 aromatic carbocycles. The van der Waals surface area contributed by atoms with Gasteiger partial charge in [0.15, 0.2) is 0 Å². The molecule has 0 aliphatic heterocycles. The third-order valence-electron chi connectivity index (χ3n) is 3.71. The highest BCUT2D eigenvalue weighted by Gasteiger charge is 2.07. The molecule has 0 saturated heterocycles. The summed E-state index contributed by atoms with van der Waals surface area (Å²) in [5, 5.41) is 7.14. The lowest BCUT2D eigenvalue weighted by Gasteiger charge is -2.09. The molecule has 4 nitrogen and oxygen atoms in total. The largest absolute Gasteiger partial charge is 0.311 e. The summed E-state index contributed by atoms with van der Waals surface area (Å²) in [6.07, 6.45) is 3.95. The van der Waals surface area contributed by atoms with E-state index in [-0.39, 0.29) is 5.91 Å². The number of carbonyl (C=O) groups is 1. The molecule has 1 aromatic heterocycles. The van der Waals surface area contributed by atoms with Crippen molar-refractivity contribution in [2.75, 3.05) is 5.32 Å². The van der Waals surface area contributed by atoms with Crippen LogP contribution in [0, 0.1) is 0 Å². The zero-order valence-electron chi connectivity index (χ0n) is 13.7. The maximum Gasteiger partial charge on any atom is 0.225 e. The Morgan fingerprint density at radius 2 is 1.95 bits per heavy atom. The van der Waals surface area contributed by atoms with Crippen LogP contribution in [0.1, 0.15) is 50.7 Å². The van der Waals surface area contributed by atoms with Crippen molar-refractivity contribution in [3.05, 3.63) is 47.7 Å². The van der Waals surface area contributed by atoms with E-state index in [1.54, 1.807) is 6.20 Å². The molecule has 0 radical (unpaired) electrons. The molecule has 0 fully saturated rings. The molecule has 118 valence electrons. The highest BCUT2D eigenvalue weighted by Crippen LogP contribution is 2.15. The predicted octanol–water partition coefficient (Wildman–Crippen LogP) is 3.99. The van der Waals surface area contributed by atoms with Crippen LogP contribution in [0.2, 0.25) is 0 Å². The van der Waals surface area contributed by atoms with Crippen LogP contribution in [0.5, 0.6) is 0 Å². The van der Waals surface area contributed by atoms with Crippen LogP contribution < -0.4 is 5.32 Å². The number of aryl methyl sites for hydroxylation is 2. The van der Waals surface area contributed by atoms with Crippen LogP contribution in [0.25, 0.3) is 0 Å². The normalized spacial score (nSPS) is 10.9. The van der Waals surface area contributed by atoms with Crippen molar-refractivity contribution in [2.45, 2.75) is 52.5 Å². The predicted molar refractivity (Wildman–Crippen MR) is 90.0 cm³/mol. The van der Waals surface area contributed by atoms with Crippen molar-refractivity contribution in [3.63, 3.8) is 0 Å². The summed E-state index contributed by atoms with van der Waals surface area (Å²) >= 11 is 0. The number of anilines is 1. The van der Waals surface area contributed by atoms with E-state index in [2.05, 4.69) is 55.5 Å². The van der Waals surface area contributed by atoms with Gasteiger partial charge in [-0.05, 0) is 29.9 Å². The third kappa shape index (κ3) is 4.45. The van der Waals surface area contributed by atoms with Crippen molar-refractivity contribution in [2.24, 2.45) is 0 Å². The molecule has 1 amide bonds. The Balaban J connectivity index is 1.86. The fourth-order valence-electron chi connectivity index (χ4n) is 2.36. The summed E-state index contributed by atoms with van der Waals surface area (Å²) in [4.78, 5) is 12.1. The van der Waals surface area contributed by atoms with Crippen molar-refractivity contribution < 1.29 is 4.79 Å². The maximum absolute atomic E-state index is 12.1. The van der Waals surface area contributed by atoms with E-state index in [1.165, 1.54) is 11.1 Å². The molecular formula is C18H25N3O. The quantitative estimate of drug-likeness (QED) is 0.840. The van der Waals surface area contributed by atoms with Gasteiger partial charge in [-0.15, -0.1) is 0 Å². The number of rotatable bonds is 7.